The van der Waals surface area contributed by atoms with Crippen molar-refractivity contribution in [3.8, 4) is 11.4 Å². The Kier molecular flexibility index (Phi) is 4.39. The first-order valence-corrected chi connectivity index (χ1v) is 14.5. The highest BCUT2D eigenvalue weighted by atomic mass is 15.0. The second-order valence-corrected chi connectivity index (χ2v) is 11.1. The molecule has 10 aromatic rings. The number of hydrogen-bond donors (Lipinski definition) is 0. The molecule has 0 radical (unpaired) electrons. The van der Waals surface area contributed by atoms with E-state index < -0.39 is 0 Å². The van der Waals surface area contributed by atoms with E-state index in [-0.39, 0.29) is 0 Å². The molecule has 0 amide bonds. The van der Waals surface area contributed by atoms with Gasteiger partial charge in [0.2, 0.25) is 0 Å². The maximum absolute atomic E-state index is 4.80. The number of nitrogens with zero attached hydrogens (tertiary/aromatic N) is 5. The molecule has 0 aliphatic heterocycles. The number of aromatic nitrogens is 5. The molecule has 0 bridgehead atoms. The van der Waals surface area contributed by atoms with E-state index in [2.05, 4.69) is 140 Å². The van der Waals surface area contributed by atoms with E-state index in [9.17, 15) is 0 Å². The molecule has 43 heavy (non-hydrogen) atoms. The second-order valence-electron chi connectivity index (χ2n) is 11.1. The van der Waals surface area contributed by atoms with Crippen molar-refractivity contribution in [2.24, 2.45) is 0 Å². The number of hydrogen-bond acceptors (Lipinski definition) is 2. The first-order chi connectivity index (χ1) is 21.4. The Balaban J connectivity index is 1.48. The summed E-state index contributed by atoms with van der Waals surface area (Å²) >= 11 is 0. The third-order valence-corrected chi connectivity index (χ3v) is 8.96. The summed E-state index contributed by atoms with van der Waals surface area (Å²) in [7, 11) is 0. The summed E-state index contributed by atoms with van der Waals surface area (Å²) in [5.74, 6) is 0. The summed E-state index contributed by atoms with van der Waals surface area (Å²) in [6, 6.07) is 41.5. The van der Waals surface area contributed by atoms with E-state index in [0.717, 1.165) is 44.2 Å². The molecular formula is C38H23N5. The minimum absolute atomic E-state index is 0.939. The number of pyridine rings is 2. The van der Waals surface area contributed by atoms with Crippen molar-refractivity contribution in [3.05, 3.63) is 140 Å². The van der Waals surface area contributed by atoms with Crippen LogP contribution in [0.2, 0.25) is 0 Å². The lowest BCUT2D eigenvalue weighted by Gasteiger charge is -2.13. The van der Waals surface area contributed by atoms with Crippen LogP contribution in [0.5, 0.6) is 0 Å². The predicted molar refractivity (Wildman–Crippen MR) is 177 cm³/mol. The zero-order chi connectivity index (χ0) is 28.1. The van der Waals surface area contributed by atoms with Crippen LogP contribution in [0.4, 0.5) is 0 Å². The molecule has 0 unspecified atom stereocenters. The van der Waals surface area contributed by atoms with Crippen LogP contribution < -0.4 is 0 Å². The Morgan fingerprint density at radius 1 is 0.442 bits per heavy atom. The summed E-state index contributed by atoms with van der Waals surface area (Å²) in [5.41, 5.74) is 9.09. The molecule has 5 nitrogen and oxygen atoms in total. The monoisotopic (exact) mass is 549 g/mol. The van der Waals surface area contributed by atoms with E-state index in [4.69, 9.17) is 4.98 Å². The van der Waals surface area contributed by atoms with E-state index in [1.165, 1.54) is 38.1 Å². The highest BCUT2D eigenvalue weighted by Crippen LogP contribution is 2.42. The molecule has 0 N–H and O–H groups in total. The van der Waals surface area contributed by atoms with Crippen LogP contribution in [-0.2, 0) is 0 Å². The zero-order valence-electron chi connectivity index (χ0n) is 23.0. The SMILES string of the molecule is c1ccc(-n2c3ccccc3c3cc4c(cc32)c2ccc3c5cnccc5c5nccn5c3c2n4-c2ccccc2)cc1. The molecule has 0 saturated carbocycles. The third kappa shape index (κ3) is 2.95. The minimum atomic E-state index is 0.939. The molecule has 5 aromatic carbocycles. The average Bonchev–Trinajstić information content (AvgIpc) is 3.77. The van der Waals surface area contributed by atoms with Crippen LogP contribution in [0, 0.1) is 0 Å². The molecule has 0 fully saturated rings. The summed E-state index contributed by atoms with van der Waals surface area (Å²) in [5, 5.41) is 8.26. The van der Waals surface area contributed by atoms with Gasteiger partial charge in [0, 0.05) is 73.9 Å². The Hall–Kier alpha value is -5.94. The number of para-hydroxylation sites is 3. The Morgan fingerprint density at radius 3 is 1.88 bits per heavy atom. The minimum Gasteiger partial charge on any atom is -0.309 e. The first kappa shape index (κ1) is 22.7. The third-order valence-electron chi connectivity index (χ3n) is 8.96. The smallest absolute Gasteiger partial charge is 0.145 e. The van der Waals surface area contributed by atoms with Gasteiger partial charge in [0.05, 0.1) is 27.6 Å². The fraction of sp³-hybridized carbons (Fsp3) is 0. The van der Waals surface area contributed by atoms with Gasteiger partial charge in [-0.2, -0.15) is 0 Å². The summed E-state index contributed by atoms with van der Waals surface area (Å²) in [4.78, 5) is 9.31. The maximum Gasteiger partial charge on any atom is 0.145 e. The molecule has 5 heterocycles. The molecule has 200 valence electrons. The van der Waals surface area contributed by atoms with Crippen molar-refractivity contribution in [3.63, 3.8) is 0 Å². The second kappa shape index (κ2) is 8.30. The van der Waals surface area contributed by atoms with Crippen LogP contribution in [0.1, 0.15) is 0 Å². The van der Waals surface area contributed by atoms with Crippen LogP contribution >= 0.6 is 0 Å². The molecular weight excluding hydrogens is 526 g/mol. The Bertz CT molecular complexity index is 2710. The molecule has 5 aromatic heterocycles. The lowest BCUT2D eigenvalue weighted by atomic mass is 10.0. The van der Waals surface area contributed by atoms with Crippen molar-refractivity contribution >= 4 is 70.9 Å². The Labute approximate surface area is 245 Å². The molecule has 0 saturated heterocycles. The highest BCUT2D eigenvalue weighted by Gasteiger charge is 2.22. The van der Waals surface area contributed by atoms with Gasteiger partial charge in [-0.1, -0.05) is 66.7 Å². The number of fused-ring (bicyclic) bond motifs is 13. The van der Waals surface area contributed by atoms with Crippen LogP contribution in [0.15, 0.2) is 140 Å². The topological polar surface area (TPSA) is 40.1 Å². The molecule has 0 spiro atoms. The highest BCUT2D eigenvalue weighted by molar-refractivity contribution is 6.26. The van der Waals surface area contributed by atoms with Gasteiger partial charge in [0.25, 0.3) is 0 Å². The van der Waals surface area contributed by atoms with Crippen LogP contribution in [-0.4, -0.2) is 23.5 Å². The largest absolute Gasteiger partial charge is 0.309 e. The molecule has 5 heteroatoms. The molecule has 0 aliphatic rings. The lowest BCUT2D eigenvalue weighted by molar-refractivity contribution is 1.17. The average molecular weight is 550 g/mol. The van der Waals surface area contributed by atoms with Crippen LogP contribution in [0.3, 0.4) is 0 Å². The molecule has 0 atom stereocenters. The van der Waals surface area contributed by atoms with Crippen molar-refractivity contribution in [1.82, 2.24) is 23.5 Å². The molecule has 0 aliphatic carbocycles. The van der Waals surface area contributed by atoms with Gasteiger partial charge < -0.3 is 9.13 Å². The van der Waals surface area contributed by atoms with E-state index in [0.29, 0.717) is 0 Å². The van der Waals surface area contributed by atoms with Crippen molar-refractivity contribution in [2.75, 3.05) is 0 Å². The number of rotatable bonds is 2. The van der Waals surface area contributed by atoms with Gasteiger partial charge in [0.1, 0.15) is 5.65 Å². The predicted octanol–water partition coefficient (Wildman–Crippen LogP) is 9.23. The maximum atomic E-state index is 4.80. The number of imidazole rings is 1. The lowest BCUT2D eigenvalue weighted by Crippen LogP contribution is -1.98. The first-order valence-electron chi connectivity index (χ1n) is 14.5. The standard InChI is InChI=1S/C38H23N5/c1-3-9-24(10-4-1)42-33-14-8-7-13-26(33)30-21-35-31(22-34(30)42)27-15-16-28-32-23-39-18-17-29(32)38-40-19-20-41(38)36(28)37(27)43(35)25-11-5-2-6-12-25/h1-23H. The fourth-order valence-corrected chi connectivity index (χ4v) is 7.20. The van der Waals surface area contributed by atoms with Gasteiger partial charge >= 0.3 is 0 Å². The van der Waals surface area contributed by atoms with Crippen molar-refractivity contribution in [1.29, 1.82) is 0 Å². The summed E-state index contributed by atoms with van der Waals surface area (Å²) < 4.78 is 7.07. The van der Waals surface area contributed by atoms with E-state index >= 15 is 0 Å². The summed E-state index contributed by atoms with van der Waals surface area (Å²) in [6.45, 7) is 0. The van der Waals surface area contributed by atoms with Gasteiger partial charge in [-0.25, -0.2) is 4.98 Å². The fourth-order valence-electron chi connectivity index (χ4n) is 7.20. The van der Waals surface area contributed by atoms with E-state index in [1.807, 2.05) is 18.6 Å². The van der Waals surface area contributed by atoms with Crippen molar-refractivity contribution < 1.29 is 0 Å². The van der Waals surface area contributed by atoms with Gasteiger partial charge in [-0.05, 0) is 48.5 Å². The van der Waals surface area contributed by atoms with Gasteiger partial charge in [0.15, 0.2) is 0 Å². The van der Waals surface area contributed by atoms with Gasteiger partial charge in [-0.3, -0.25) is 9.38 Å². The van der Waals surface area contributed by atoms with E-state index in [1.54, 1.807) is 0 Å². The zero-order valence-corrected chi connectivity index (χ0v) is 23.0. The number of benzene rings is 5. The molecule has 10 rings (SSSR count). The Morgan fingerprint density at radius 2 is 1.09 bits per heavy atom. The van der Waals surface area contributed by atoms with Gasteiger partial charge in [-0.15, -0.1) is 0 Å². The van der Waals surface area contributed by atoms with Crippen LogP contribution in [0.25, 0.3) is 82.3 Å². The quantitative estimate of drug-likeness (QED) is 0.202. The summed E-state index contributed by atoms with van der Waals surface area (Å²) in [6.07, 6.45) is 7.79. The normalized spacial score (nSPS) is 12.2. The van der Waals surface area contributed by atoms with Crippen molar-refractivity contribution in [2.45, 2.75) is 0 Å².